The molecule has 0 aliphatic carbocycles. The fourth-order valence-corrected chi connectivity index (χ4v) is 2.73. The average molecular weight is 230 g/mol. The van der Waals surface area contributed by atoms with Gasteiger partial charge in [-0.2, -0.15) is 0 Å². The van der Waals surface area contributed by atoms with Gasteiger partial charge in [-0.3, -0.25) is 10.1 Å². The molecular weight excluding hydrogens is 216 g/mol. The van der Waals surface area contributed by atoms with E-state index in [2.05, 4.69) is 11.4 Å². The van der Waals surface area contributed by atoms with E-state index in [0.717, 1.165) is 12.0 Å². The number of fused-ring (bicyclic) bond motifs is 2. The summed E-state index contributed by atoms with van der Waals surface area (Å²) in [5, 5.41) is 14.1. The van der Waals surface area contributed by atoms with Crippen LogP contribution >= 0.6 is 0 Å². The number of hydrogen-bond donors (Lipinski definition) is 1. The van der Waals surface area contributed by atoms with Gasteiger partial charge in [-0.05, 0) is 42.5 Å². The van der Waals surface area contributed by atoms with E-state index in [4.69, 9.17) is 0 Å². The molecule has 1 aromatic rings. The summed E-state index contributed by atoms with van der Waals surface area (Å²) in [5.74, 6) is 0. The second-order valence-corrected chi connectivity index (χ2v) is 4.75. The summed E-state index contributed by atoms with van der Waals surface area (Å²) in [5.41, 5.74) is 2.60. The summed E-state index contributed by atoms with van der Waals surface area (Å²) >= 11 is 0. The van der Waals surface area contributed by atoms with E-state index in [1.807, 2.05) is 12.1 Å². The van der Waals surface area contributed by atoms with Crippen molar-refractivity contribution in [3.63, 3.8) is 0 Å². The molecule has 88 valence electrons. The molecule has 17 heavy (non-hydrogen) atoms. The monoisotopic (exact) mass is 230 g/mol. The Bertz CT molecular complexity index is 479. The van der Waals surface area contributed by atoms with Crippen molar-refractivity contribution < 1.29 is 4.92 Å². The van der Waals surface area contributed by atoms with E-state index in [9.17, 15) is 10.1 Å². The van der Waals surface area contributed by atoms with Crippen molar-refractivity contribution in [2.45, 2.75) is 31.3 Å². The molecule has 2 bridgehead atoms. The van der Waals surface area contributed by atoms with Crippen LogP contribution in [-0.2, 0) is 0 Å². The molecule has 2 heterocycles. The van der Waals surface area contributed by atoms with Crippen LogP contribution in [0.4, 0.5) is 5.69 Å². The Balaban J connectivity index is 1.87. The first-order valence-corrected chi connectivity index (χ1v) is 5.94. The van der Waals surface area contributed by atoms with Gasteiger partial charge in [-0.1, -0.05) is 6.08 Å². The molecule has 0 spiro atoms. The number of hydrogen-bond acceptors (Lipinski definition) is 3. The van der Waals surface area contributed by atoms with Crippen molar-refractivity contribution in [2.24, 2.45) is 0 Å². The number of rotatable bonds is 2. The molecule has 1 N–H and O–H groups in total. The lowest BCUT2D eigenvalue weighted by Gasteiger charge is -2.21. The van der Waals surface area contributed by atoms with Crippen LogP contribution in [0.15, 0.2) is 30.3 Å². The van der Waals surface area contributed by atoms with Crippen LogP contribution in [0.2, 0.25) is 0 Å². The molecule has 2 aliphatic rings. The molecule has 0 aromatic heterocycles. The first kappa shape index (κ1) is 10.5. The van der Waals surface area contributed by atoms with Crippen LogP contribution in [0.3, 0.4) is 0 Å². The fourth-order valence-electron chi connectivity index (χ4n) is 2.73. The topological polar surface area (TPSA) is 55.2 Å². The van der Waals surface area contributed by atoms with Crippen LogP contribution < -0.4 is 5.32 Å². The summed E-state index contributed by atoms with van der Waals surface area (Å²) < 4.78 is 0. The number of nitro groups is 1. The highest BCUT2D eigenvalue weighted by atomic mass is 16.6. The van der Waals surface area contributed by atoms with Crippen molar-refractivity contribution in [3.8, 4) is 0 Å². The summed E-state index contributed by atoms with van der Waals surface area (Å²) in [4.78, 5) is 10.2. The zero-order valence-corrected chi connectivity index (χ0v) is 9.43. The second kappa shape index (κ2) is 3.96. The van der Waals surface area contributed by atoms with E-state index >= 15 is 0 Å². The second-order valence-electron chi connectivity index (χ2n) is 4.75. The van der Waals surface area contributed by atoms with E-state index in [1.165, 1.54) is 18.4 Å². The lowest BCUT2D eigenvalue weighted by Crippen LogP contribution is -2.31. The van der Waals surface area contributed by atoms with Gasteiger partial charge in [-0.25, -0.2) is 0 Å². The van der Waals surface area contributed by atoms with Crippen LogP contribution in [0, 0.1) is 10.1 Å². The SMILES string of the molecule is O=[N+]([O-])c1ccc(C2=CC3CCC(C2)N3)cc1. The van der Waals surface area contributed by atoms with Gasteiger partial charge in [0.25, 0.3) is 5.69 Å². The standard InChI is InChI=1S/C13H14N2O2/c16-15(17)13-5-1-9(2-6-13)10-7-11-3-4-12(8-10)14-11/h1-2,5-7,11-12,14H,3-4,8H2. The van der Waals surface area contributed by atoms with Gasteiger partial charge in [0.1, 0.15) is 0 Å². The molecule has 4 nitrogen and oxygen atoms in total. The quantitative estimate of drug-likeness (QED) is 0.627. The van der Waals surface area contributed by atoms with Crippen LogP contribution in [0.25, 0.3) is 5.57 Å². The molecule has 0 radical (unpaired) electrons. The van der Waals surface area contributed by atoms with Crippen LogP contribution in [0.5, 0.6) is 0 Å². The van der Waals surface area contributed by atoms with E-state index in [-0.39, 0.29) is 10.6 Å². The number of nitrogens with one attached hydrogen (secondary N) is 1. The minimum atomic E-state index is -0.357. The Morgan fingerprint density at radius 3 is 2.65 bits per heavy atom. The molecule has 2 atom stereocenters. The van der Waals surface area contributed by atoms with E-state index in [1.54, 1.807) is 12.1 Å². The predicted molar refractivity (Wildman–Crippen MR) is 65.6 cm³/mol. The Kier molecular flexibility index (Phi) is 2.44. The van der Waals surface area contributed by atoms with E-state index in [0.29, 0.717) is 12.1 Å². The number of nitrogens with zero attached hydrogens (tertiary/aromatic N) is 1. The summed E-state index contributed by atoms with van der Waals surface area (Å²) in [6.07, 6.45) is 5.75. The molecule has 0 amide bonds. The van der Waals surface area contributed by atoms with Gasteiger partial charge < -0.3 is 5.32 Å². The minimum Gasteiger partial charge on any atom is -0.307 e. The van der Waals surface area contributed by atoms with Crippen molar-refractivity contribution in [2.75, 3.05) is 0 Å². The van der Waals surface area contributed by atoms with Crippen molar-refractivity contribution in [1.82, 2.24) is 5.32 Å². The zero-order chi connectivity index (χ0) is 11.8. The maximum atomic E-state index is 10.6. The van der Waals surface area contributed by atoms with Crippen LogP contribution in [0.1, 0.15) is 24.8 Å². The predicted octanol–water partition coefficient (Wildman–Crippen LogP) is 2.50. The normalized spacial score (nSPS) is 26.7. The van der Waals surface area contributed by atoms with Crippen molar-refractivity contribution in [1.29, 1.82) is 0 Å². The summed E-state index contributed by atoms with van der Waals surface area (Å²) in [6, 6.07) is 7.97. The van der Waals surface area contributed by atoms with Crippen molar-refractivity contribution in [3.05, 3.63) is 46.0 Å². The van der Waals surface area contributed by atoms with Crippen LogP contribution in [-0.4, -0.2) is 17.0 Å². The Hall–Kier alpha value is -1.68. The molecule has 1 fully saturated rings. The molecule has 0 saturated carbocycles. The zero-order valence-electron chi connectivity index (χ0n) is 9.43. The molecule has 1 aromatic carbocycles. The highest BCUT2D eigenvalue weighted by molar-refractivity contribution is 5.68. The largest absolute Gasteiger partial charge is 0.307 e. The maximum absolute atomic E-state index is 10.6. The highest BCUT2D eigenvalue weighted by Gasteiger charge is 2.28. The Morgan fingerprint density at radius 1 is 1.24 bits per heavy atom. The van der Waals surface area contributed by atoms with Gasteiger partial charge in [0.05, 0.1) is 4.92 Å². The Labute approximate surface area is 99.5 Å². The highest BCUT2D eigenvalue weighted by Crippen LogP contribution is 2.32. The molecule has 4 heteroatoms. The van der Waals surface area contributed by atoms with Gasteiger partial charge in [0, 0.05) is 24.2 Å². The minimum absolute atomic E-state index is 0.159. The van der Waals surface area contributed by atoms with Gasteiger partial charge in [0.15, 0.2) is 0 Å². The Morgan fingerprint density at radius 2 is 2.00 bits per heavy atom. The maximum Gasteiger partial charge on any atom is 0.269 e. The lowest BCUT2D eigenvalue weighted by molar-refractivity contribution is -0.384. The molecule has 1 saturated heterocycles. The fraction of sp³-hybridized carbons (Fsp3) is 0.385. The molecular formula is C13H14N2O2. The third-order valence-electron chi connectivity index (χ3n) is 3.59. The molecule has 3 rings (SSSR count). The number of benzene rings is 1. The summed E-state index contributed by atoms with van der Waals surface area (Å²) in [7, 11) is 0. The van der Waals surface area contributed by atoms with Gasteiger partial charge in [-0.15, -0.1) is 0 Å². The average Bonchev–Trinajstić information content (AvgIpc) is 2.68. The third-order valence-corrected chi connectivity index (χ3v) is 3.59. The summed E-state index contributed by atoms with van der Waals surface area (Å²) in [6.45, 7) is 0. The number of nitro benzene ring substituents is 1. The van der Waals surface area contributed by atoms with Crippen molar-refractivity contribution >= 4 is 11.3 Å². The van der Waals surface area contributed by atoms with E-state index < -0.39 is 0 Å². The van der Waals surface area contributed by atoms with Gasteiger partial charge >= 0.3 is 0 Å². The number of non-ortho nitro benzene ring substituents is 1. The van der Waals surface area contributed by atoms with Gasteiger partial charge in [0.2, 0.25) is 0 Å². The smallest absolute Gasteiger partial charge is 0.269 e. The first-order chi connectivity index (χ1) is 8.22. The lowest BCUT2D eigenvalue weighted by atomic mass is 9.96. The molecule has 2 aliphatic heterocycles. The third kappa shape index (κ3) is 1.96. The molecule has 2 unspecified atom stereocenters. The first-order valence-electron chi connectivity index (χ1n) is 5.94.